The van der Waals surface area contributed by atoms with Gasteiger partial charge in [0.25, 0.3) is 11.8 Å². The average molecular weight is 965 g/mol. The predicted octanol–water partition coefficient (Wildman–Crippen LogP) is 7.16. The third-order valence-electron chi connectivity index (χ3n) is 11.6. The molecule has 2 amide bonds. The molecule has 6 aromatic carbocycles. The van der Waals surface area contributed by atoms with E-state index in [9.17, 15) is 49.5 Å². The van der Waals surface area contributed by atoms with Crippen molar-refractivity contribution in [2.24, 2.45) is 0 Å². The number of phenols is 1. The lowest BCUT2D eigenvalue weighted by molar-refractivity contribution is -0.0425. The highest BCUT2D eigenvalue weighted by atomic mass is 35.5. The minimum atomic E-state index is -1.93. The first-order valence-electron chi connectivity index (χ1n) is 20.8. The summed E-state index contributed by atoms with van der Waals surface area (Å²) in [6.45, 7) is 3.59. The highest BCUT2D eigenvalue weighted by Gasteiger charge is 2.31. The van der Waals surface area contributed by atoms with Crippen molar-refractivity contribution in [3.05, 3.63) is 196 Å². The quantitative estimate of drug-likeness (QED) is 0.0364. The van der Waals surface area contributed by atoms with Gasteiger partial charge < -0.3 is 51.1 Å². The maximum absolute atomic E-state index is 13.7. The number of carboxylic acid groups (broad SMARTS) is 2. The molecule has 15 nitrogen and oxygen atoms in total. The van der Waals surface area contributed by atoms with Gasteiger partial charge in [-0.3, -0.25) is 14.4 Å². The number of rotatable bonds is 11. The number of carboxylic acids is 2. The number of benzene rings is 7. The number of aliphatic hydroxyl groups is 2. The molecule has 0 saturated heterocycles. The van der Waals surface area contributed by atoms with Crippen LogP contribution in [-0.2, 0) is 13.1 Å². The number of nitrogens with one attached hydrogen (secondary N) is 2. The molecule has 9 rings (SSSR count). The van der Waals surface area contributed by atoms with Crippen LogP contribution < -0.4 is 37.0 Å². The Morgan fingerprint density at radius 1 is 0.710 bits per heavy atom. The van der Waals surface area contributed by atoms with E-state index >= 15 is 0 Å². The van der Waals surface area contributed by atoms with Gasteiger partial charge in [-0.05, 0) is 89.1 Å². The molecule has 344 valence electrons. The first kappa shape index (κ1) is 45.7. The number of hydrogen-bond acceptors (Lipinski definition) is 11. The number of fused-ring (bicyclic) bond motifs is 4. The number of amides is 2. The molecule has 9 N–H and O–H groups in total. The van der Waals surface area contributed by atoms with Gasteiger partial charge in [0.05, 0.1) is 38.8 Å². The third-order valence-corrected chi connectivity index (χ3v) is 12.3. The molecule has 0 spiro atoms. The van der Waals surface area contributed by atoms with Crippen molar-refractivity contribution in [1.82, 2.24) is 10.6 Å². The first-order chi connectivity index (χ1) is 33.0. The molecule has 0 radical (unpaired) electrons. The molecule has 2 aliphatic heterocycles. The predicted molar refractivity (Wildman–Crippen MR) is 256 cm³/mol. The Hall–Kier alpha value is -8.47. The van der Waals surface area contributed by atoms with Crippen LogP contribution in [0.3, 0.4) is 0 Å². The molecule has 2 heterocycles. The Morgan fingerprint density at radius 3 is 2.17 bits per heavy atom. The number of anilines is 1. The number of nitrogen functional groups attached to an aromatic ring is 1. The van der Waals surface area contributed by atoms with Crippen molar-refractivity contribution in [2.45, 2.75) is 19.4 Å². The van der Waals surface area contributed by atoms with Crippen LogP contribution in [0.2, 0.25) is 10.0 Å². The molecule has 17 heteroatoms. The fourth-order valence-corrected chi connectivity index (χ4v) is 8.95. The second kappa shape index (κ2) is 18.0. The minimum Gasteiger partial charge on any atom is -0.507 e. The maximum Gasteiger partial charge on any atom is 0.337 e. The normalized spacial score (nSPS) is 11.8. The standard InChI is InChI=1S/C52H35Cl2N3O12/c1-23-2-10-31-39(16-23)68-40-18-27(55)8-12-32(40)43(31)44-37(53)20-35(46(54)45(44)52(66)67)49(61)56-21-24-3-5-25(6-4-24)48(60)57-22-36-38(59)15-14-33-42(30-13-9-28(58)19-41(30)69-47(33)36)34-17-26(50(62)63)7-11-29(34)51(64)65/h2-20,50,59,62-63H,1,21-22,55H2,(H,56,61)(H,57,60)(H,64,65)(H,66,67). The summed E-state index contributed by atoms with van der Waals surface area (Å²) in [4.78, 5) is 65.1. The zero-order valence-corrected chi connectivity index (χ0v) is 37.1. The molecule has 0 aromatic heterocycles. The van der Waals surface area contributed by atoms with Gasteiger partial charge in [0.2, 0.25) is 0 Å². The molecule has 1 aliphatic carbocycles. The molecular formula is C52H35Cl2N3O12. The average Bonchev–Trinajstić information content (AvgIpc) is 3.31. The summed E-state index contributed by atoms with van der Waals surface area (Å²) >= 11 is 13.6. The van der Waals surface area contributed by atoms with E-state index in [1.54, 1.807) is 48.5 Å². The van der Waals surface area contributed by atoms with Crippen molar-refractivity contribution >= 4 is 75.8 Å². The largest absolute Gasteiger partial charge is 0.507 e. The molecule has 3 aliphatic rings. The van der Waals surface area contributed by atoms with Gasteiger partial charge >= 0.3 is 11.9 Å². The Morgan fingerprint density at radius 2 is 1.45 bits per heavy atom. The van der Waals surface area contributed by atoms with Crippen LogP contribution in [0.4, 0.5) is 5.69 Å². The number of aromatic carboxylic acids is 2. The summed E-state index contributed by atoms with van der Waals surface area (Å²) in [5.41, 5.74) is 7.69. The van der Waals surface area contributed by atoms with Gasteiger partial charge in [0.1, 0.15) is 28.6 Å². The van der Waals surface area contributed by atoms with E-state index < -0.39 is 41.0 Å². The Bertz CT molecular complexity index is 3660. The number of carbonyl (C=O) groups excluding carboxylic acids is 2. The highest BCUT2D eigenvalue weighted by Crippen LogP contribution is 2.45. The number of phenolic OH excluding ortho intramolecular Hbond substituents is 1. The summed E-state index contributed by atoms with van der Waals surface area (Å²) in [7, 11) is 0. The van der Waals surface area contributed by atoms with Crippen LogP contribution in [0.5, 0.6) is 17.2 Å². The molecule has 0 unspecified atom stereocenters. The lowest BCUT2D eigenvalue weighted by atomic mass is 9.88. The summed E-state index contributed by atoms with van der Waals surface area (Å²) in [5.74, 6) is -3.57. The van der Waals surface area contributed by atoms with Crippen LogP contribution in [0, 0.1) is 0 Å². The molecule has 0 fully saturated rings. The first-order valence-corrected chi connectivity index (χ1v) is 21.5. The summed E-state index contributed by atoms with van der Waals surface area (Å²) < 4.78 is 12.3. The molecular weight excluding hydrogens is 929 g/mol. The minimum absolute atomic E-state index is 0.00398. The maximum atomic E-state index is 13.7. The van der Waals surface area contributed by atoms with E-state index in [1.165, 1.54) is 66.7 Å². The number of hydrogen-bond donors (Lipinski definition) is 8. The summed E-state index contributed by atoms with van der Waals surface area (Å²) in [6, 6.07) is 28.0. The van der Waals surface area contributed by atoms with Crippen LogP contribution in [0.1, 0.15) is 75.5 Å². The number of ether oxygens (including phenoxy) is 1. The van der Waals surface area contributed by atoms with Gasteiger partial charge in [-0.2, -0.15) is 0 Å². The van der Waals surface area contributed by atoms with Gasteiger partial charge in [-0.25, -0.2) is 9.59 Å². The van der Waals surface area contributed by atoms with E-state index in [4.69, 9.17) is 38.1 Å². The lowest BCUT2D eigenvalue weighted by Gasteiger charge is -2.24. The van der Waals surface area contributed by atoms with Crippen LogP contribution in [0.25, 0.3) is 45.6 Å². The zero-order valence-electron chi connectivity index (χ0n) is 35.6. The summed E-state index contributed by atoms with van der Waals surface area (Å²) in [6.07, 6.45) is -1.93. The smallest absolute Gasteiger partial charge is 0.337 e. The van der Waals surface area contributed by atoms with Crippen molar-refractivity contribution in [3.8, 4) is 39.7 Å². The second-order valence-corrected chi connectivity index (χ2v) is 16.7. The molecule has 0 atom stereocenters. The monoisotopic (exact) mass is 963 g/mol. The van der Waals surface area contributed by atoms with Crippen molar-refractivity contribution in [2.75, 3.05) is 5.73 Å². The van der Waals surface area contributed by atoms with E-state index in [-0.39, 0.29) is 90.1 Å². The SMILES string of the molecule is C=c1ccc2c(c1)Oc1cc(N)ccc1C=2c1c(Cl)cc(C(=O)NCc2ccc(C(=O)NCc3c(O)ccc4c(-c5cc(C(O)O)ccc5C(=O)O)c5ccc(=O)cc-5oc34)cc2)c(Cl)c1C(=O)O. The lowest BCUT2D eigenvalue weighted by Crippen LogP contribution is -2.25. The van der Waals surface area contributed by atoms with Gasteiger partial charge in [0.15, 0.2) is 11.7 Å². The van der Waals surface area contributed by atoms with E-state index in [1.807, 2.05) is 0 Å². The number of halogens is 2. The molecule has 69 heavy (non-hydrogen) atoms. The number of carbonyl (C=O) groups is 4. The van der Waals surface area contributed by atoms with Crippen LogP contribution in [-0.4, -0.2) is 49.3 Å². The van der Waals surface area contributed by atoms with Crippen LogP contribution >= 0.6 is 23.2 Å². The topological polar surface area (TPSA) is 259 Å². The third kappa shape index (κ3) is 8.47. The van der Waals surface area contributed by atoms with Crippen molar-refractivity contribution in [1.29, 1.82) is 0 Å². The summed E-state index contributed by atoms with van der Waals surface area (Å²) in [5, 5.41) is 58.1. The fourth-order valence-electron chi connectivity index (χ4n) is 8.34. The van der Waals surface area contributed by atoms with Gasteiger partial charge in [0, 0.05) is 73.9 Å². The van der Waals surface area contributed by atoms with Gasteiger partial charge in [-0.15, -0.1) is 0 Å². The van der Waals surface area contributed by atoms with E-state index in [0.717, 1.165) is 0 Å². The van der Waals surface area contributed by atoms with Gasteiger partial charge in [-0.1, -0.05) is 60.1 Å². The Kier molecular flexibility index (Phi) is 11.9. The second-order valence-electron chi connectivity index (χ2n) is 16.0. The number of nitrogens with two attached hydrogens (primary N) is 1. The highest BCUT2D eigenvalue weighted by molar-refractivity contribution is 6.40. The van der Waals surface area contributed by atoms with Crippen molar-refractivity contribution in [3.63, 3.8) is 0 Å². The molecule has 6 aromatic rings. The fraction of sp³-hybridized carbons (Fsp3) is 0.0577. The molecule has 0 saturated carbocycles. The number of aromatic hydroxyl groups is 1. The Balaban J connectivity index is 0.965. The zero-order chi connectivity index (χ0) is 49.0. The molecule has 0 bridgehead atoms. The van der Waals surface area contributed by atoms with E-state index in [0.29, 0.717) is 49.9 Å². The Labute approximate surface area is 399 Å². The van der Waals surface area contributed by atoms with Crippen molar-refractivity contribution < 1.29 is 53.9 Å². The number of aliphatic hydroxyl groups excluding tert-OH is 1. The van der Waals surface area contributed by atoms with E-state index in [2.05, 4.69) is 17.2 Å². The van der Waals surface area contributed by atoms with Crippen LogP contribution in [0.15, 0.2) is 124 Å².